The monoisotopic (exact) mass is 348 g/mol. The molecule has 2 aliphatic rings. The van der Waals surface area contributed by atoms with Crippen LogP contribution in [0.1, 0.15) is 25.5 Å². The standard InChI is InChI=1S/C17H20N2O6/c1-7(2)17(16(23)24)12-11(14(21)18-15(12)22)13(19-17)8-4-5-9(20)10(6-8)25-3/h4-7,11-13,19-20H,1-3H3,(H,23,24)(H,18,21,22). The van der Waals surface area contributed by atoms with Gasteiger partial charge in [0.2, 0.25) is 11.8 Å². The van der Waals surface area contributed by atoms with Crippen molar-refractivity contribution in [1.29, 1.82) is 0 Å². The second kappa shape index (κ2) is 5.73. The number of carbonyl (C=O) groups excluding carboxylic acids is 2. The second-order valence-electron chi connectivity index (χ2n) is 6.74. The van der Waals surface area contributed by atoms with E-state index in [1.165, 1.54) is 13.2 Å². The maximum absolute atomic E-state index is 12.4. The van der Waals surface area contributed by atoms with Crippen molar-refractivity contribution in [2.45, 2.75) is 25.4 Å². The summed E-state index contributed by atoms with van der Waals surface area (Å²) in [4.78, 5) is 36.8. The number of benzene rings is 1. The van der Waals surface area contributed by atoms with Crippen molar-refractivity contribution in [3.63, 3.8) is 0 Å². The van der Waals surface area contributed by atoms with E-state index in [1.54, 1.807) is 26.0 Å². The number of fused-ring (bicyclic) bond motifs is 1. The smallest absolute Gasteiger partial charge is 0.325 e. The summed E-state index contributed by atoms with van der Waals surface area (Å²) in [5.41, 5.74) is -0.991. The van der Waals surface area contributed by atoms with Crippen LogP contribution >= 0.6 is 0 Å². The molecule has 0 aliphatic carbocycles. The van der Waals surface area contributed by atoms with E-state index in [2.05, 4.69) is 10.6 Å². The van der Waals surface area contributed by atoms with E-state index in [4.69, 9.17) is 4.74 Å². The number of carboxylic acids is 1. The lowest BCUT2D eigenvalue weighted by Gasteiger charge is -2.33. The lowest BCUT2D eigenvalue weighted by atomic mass is 9.73. The average molecular weight is 348 g/mol. The molecule has 1 aromatic rings. The molecule has 0 radical (unpaired) electrons. The predicted octanol–water partition coefficient (Wildman–Crippen LogP) is 0.413. The Morgan fingerprint density at radius 2 is 1.96 bits per heavy atom. The molecule has 2 aliphatic heterocycles. The number of rotatable bonds is 4. The summed E-state index contributed by atoms with van der Waals surface area (Å²) < 4.78 is 5.09. The van der Waals surface area contributed by atoms with Crippen LogP contribution in [0.5, 0.6) is 11.5 Å². The summed E-state index contributed by atoms with van der Waals surface area (Å²) in [5.74, 6) is -4.40. The SMILES string of the molecule is COc1cc(C2NC(C(=O)O)(C(C)C)C3C(=O)NC(=O)C23)ccc1O. The van der Waals surface area contributed by atoms with Gasteiger partial charge in [0.05, 0.1) is 18.9 Å². The van der Waals surface area contributed by atoms with Crippen LogP contribution in [0.25, 0.3) is 0 Å². The van der Waals surface area contributed by atoms with E-state index >= 15 is 0 Å². The van der Waals surface area contributed by atoms with E-state index in [0.717, 1.165) is 0 Å². The number of ether oxygens (including phenoxy) is 1. The molecule has 4 unspecified atom stereocenters. The van der Waals surface area contributed by atoms with E-state index in [-0.39, 0.29) is 11.5 Å². The van der Waals surface area contributed by atoms with Crippen molar-refractivity contribution in [3.05, 3.63) is 23.8 Å². The lowest BCUT2D eigenvalue weighted by Crippen LogP contribution is -2.59. The fourth-order valence-electron chi connectivity index (χ4n) is 4.01. The Kier molecular flexibility index (Phi) is 3.95. The molecule has 3 rings (SSSR count). The van der Waals surface area contributed by atoms with Gasteiger partial charge in [0.1, 0.15) is 5.54 Å². The number of aliphatic carboxylic acids is 1. The molecule has 4 atom stereocenters. The van der Waals surface area contributed by atoms with Gasteiger partial charge in [0, 0.05) is 6.04 Å². The average Bonchev–Trinajstić information content (AvgIpc) is 3.06. The molecule has 2 amide bonds. The van der Waals surface area contributed by atoms with Crippen LogP contribution < -0.4 is 15.4 Å². The van der Waals surface area contributed by atoms with Crippen molar-refractivity contribution in [3.8, 4) is 11.5 Å². The summed E-state index contributed by atoms with van der Waals surface area (Å²) in [7, 11) is 1.39. The first-order chi connectivity index (χ1) is 11.7. The number of methoxy groups -OCH3 is 1. The fraction of sp³-hybridized carbons (Fsp3) is 0.471. The number of carbonyl (C=O) groups is 3. The molecule has 0 spiro atoms. The number of nitrogens with one attached hydrogen (secondary N) is 2. The predicted molar refractivity (Wildman–Crippen MR) is 85.9 cm³/mol. The Labute approximate surface area is 144 Å². The van der Waals surface area contributed by atoms with Gasteiger partial charge in [0.15, 0.2) is 11.5 Å². The number of phenolic OH excluding ortho intramolecular Hbond substituents is 1. The molecular weight excluding hydrogens is 328 g/mol. The molecule has 8 nitrogen and oxygen atoms in total. The molecule has 1 aromatic carbocycles. The minimum Gasteiger partial charge on any atom is -0.504 e. The Bertz CT molecular complexity index is 762. The van der Waals surface area contributed by atoms with Crippen molar-refractivity contribution in [1.82, 2.24) is 10.6 Å². The number of phenols is 1. The Balaban J connectivity index is 2.14. The first-order valence-electron chi connectivity index (χ1n) is 7.96. The third-order valence-electron chi connectivity index (χ3n) is 5.26. The van der Waals surface area contributed by atoms with Crippen LogP contribution in [0.3, 0.4) is 0 Å². The lowest BCUT2D eigenvalue weighted by molar-refractivity contribution is -0.151. The highest BCUT2D eigenvalue weighted by Gasteiger charge is 2.67. The Hall–Kier alpha value is -2.61. The minimum absolute atomic E-state index is 0.0684. The van der Waals surface area contributed by atoms with Gasteiger partial charge < -0.3 is 14.9 Å². The summed E-state index contributed by atoms with van der Waals surface area (Å²) in [6.07, 6.45) is 0. The van der Waals surface area contributed by atoms with Crippen LogP contribution in [0.15, 0.2) is 18.2 Å². The molecule has 2 saturated heterocycles. The molecule has 134 valence electrons. The van der Waals surface area contributed by atoms with Crippen molar-refractivity contribution in [2.24, 2.45) is 17.8 Å². The normalized spacial score (nSPS) is 31.1. The van der Waals surface area contributed by atoms with Crippen LogP contribution in [0, 0.1) is 17.8 Å². The molecule has 0 bridgehead atoms. The Morgan fingerprint density at radius 1 is 1.28 bits per heavy atom. The summed E-state index contributed by atoms with van der Waals surface area (Å²) in [6, 6.07) is 3.85. The van der Waals surface area contributed by atoms with Gasteiger partial charge in [-0.15, -0.1) is 0 Å². The van der Waals surface area contributed by atoms with Crippen molar-refractivity contribution in [2.75, 3.05) is 7.11 Å². The fourth-order valence-corrected chi connectivity index (χ4v) is 4.01. The highest BCUT2D eigenvalue weighted by Crippen LogP contribution is 2.49. The highest BCUT2D eigenvalue weighted by molar-refractivity contribution is 6.09. The first-order valence-corrected chi connectivity index (χ1v) is 7.96. The zero-order chi connectivity index (χ0) is 18.5. The summed E-state index contributed by atoms with van der Waals surface area (Å²) in [5, 5.41) is 24.9. The Morgan fingerprint density at radius 3 is 2.52 bits per heavy atom. The van der Waals surface area contributed by atoms with Crippen LogP contribution in [0.4, 0.5) is 0 Å². The number of hydrogen-bond acceptors (Lipinski definition) is 6. The van der Waals surface area contributed by atoms with Gasteiger partial charge in [-0.3, -0.25) is 25.0 Å². The van der Waals surface area contributed by atoms with E-state index in [9.17, 15) is 24.6 Å². The van der Waals surface area contributed by atoms with Gasteiger partial charge in [-0.05, 0) is 23.6 Å². The number of carboxylic acid groups (broad SMARTS) is 1. The van der Waals surface area contributed by atoms with Gasteiger partial charge >= 0.3 is 5.97 Å². The largest absolute Gasteiger partial charge is 0.504 e. The second-order valence-corrected chi connectivity index (χ2v) is 6.74. The topological polar surface area (TPSA) is 125 Å². The first kappa shape index (κ1) is 17.2. The van der Waals surface area contributed by atoms with E-state index in [0.29, 0.717) is 5.56 Å². The number of hydrogen-bond donors (Lipinski definition) is 4. The minimum atomic E-state index is -1.56. The number of imide groups is 1. The molecule has 4 N–H and O–H groups in total. The quantitative estimate of drug-likeness (QED) is 0.581. The third-order valence-corrected chi connectivity index (χ3v) is 5.26. The van der Waals surface area contributed by atoms with Gasteiger partial charge in [-0.2, -0.15) is 0 Å². The number of amides is 2. The van der Waals surface area contributed by atoms with Gasteiger partial charge in [-0.1, -0.05) is 19.9 Å². The van der Waals surface area contributed by atoms with Crippen molar-refractivity contribution < 1.29 is 29.3 Å². The van der Waals surface area contributed by atoms with Crippen molar-refractivity contribution >= 4 is 17.8 Å². The number of aromatic hydroxyl groups is 1. The summed E-state index contributed by atoms with van der Waals surface area (Å²) in [6.45, 7) is 3.40. The molecule has 2 fully saturated rings. The summed E-state index contributed by atoms with van der Waals surface area (Å²) >= 11 is 0. The molecule has 25 heavy (non-hydrogen) atoms. The molecule has 0 aromatic heterocycles. The third kappa shape index (κ3) is 2.28. The van der Waals surface area contributed by atoms with Gasteiger partial charge in [0.25, 0.3) is 0 Å². The molecular formula is C17H20N2O6. The van der Waals surface area contributed by atoms with Crippen LogP contribution in [0.2, 0.25) is 0 Å². The maximum Gasteiger partial charge on any atom is 0.325 e. The highest BCUT2D eigenvalue weighted by atomic mass is 16.5. The van der Waals surface area contributed by atoms with Crippen LogP contribution in [-0.2, 0) is 14.4 Å². The molecule has 2 heterocycles. The van der Waals surface area contributed by atoms with E-state index in [1.807, 2.05) is 0 Å². The molecule has 0 saturated carbocycles. The zero-order valence-electron chi connectivity index (χ0n) is 14.1. The van der Waals surface area contributed by atoms with Crippen LogP contribution in [-0.4, -0.2) is 40.6 Å². The van der Waals surface area contributed by atoms with Gasteiger partial charge in [-0.25, -0.2) is 0 Å². The van der Waals surface area contributed by atoms with E-state index < -0.39 is 47.1 Å². The maximum atomic E-state index is 12.4. The molecule has 8 heteroatoms. The zero-order valence-corrected chi connectivity index (χ0v) is 14.1.